The average Bonchev–Trinajstić information content (AvgIpc) is 3.85. The number of phosphoric ester groups is 2. The van der Waals surface area contributed by atoms with E-state index in [1.807, 2.05) is 19.1 Å². The molecule has 0 bridgehead atoms. The molecule has 2 aromatic carbocycles. The molecule has 16 nitrogen and oxygen atoms in total. The third kappa shape index (κ3) is 12.4. The first-order valence-electron chi connectivity index (χ1n) is 25.9. The predicted octanol–water partition coefficient (Wildman–Crippen LogP) is 8.53. The van der Waals surface area contributed by atoms with Gasteiger partial charge in [0.05, 0.1) is 24.9 Å². The number of carbonyl (C=O) groups excluding carboxylic acids is 2. The Bertz CT molecular complexity index is 2320. The fraction of sp³-hybridized carbons (Fsp3) is 0.660. The van der Waals surface area contributed by atoms with E-state index in [1.54, 1.807) is 12.2 Å². The van der Waals surface area contributed by atoms with Crippen molar-refractivity contribution in [1.82, 2.24) is 5.32 Å². The Kier molecular flexibility index (Phi) is 17.8. The molecule has 18 heteroatoms. The van der Waals surface area contributed by atoms with Crippen molar-refractivity contribution in [2.24, 2.45) is 34.5 Å². The normalized spacial score (nSPS) is 31.8. The van der Waals surface area contributed by atoms with E-state index in [0.717, 1.165) is 95.8 Å². The Hall–Kier alpha value is -2.92. The number of benzene rings is 2. The summed E-state index contributed by atoms with van der Waals surface area (Å²) in [6, 6.07) is 14.5. The Labute approximate surface area is 418 Å². The molecule has 11 atom stereocenters. The second-order valence-corrected chi connectivity index (χ2v) is 23.9. The number of carbonyl (C=O) groups is 2. The Morgan fingerprint density at radius 3 is 2.44 bits per heavy atom. The first kappa shape index (κ1) is 54.3. The fourth-order valence-electron chi connectivity index (χ4n) is 13.2. The molecule has 6 aliphatic rings. The smallest absolute Gasteiger partial charge is 0.404 e. The molecule has 2 aromatic rings. The summed E-state index contributed by atoms with van der Waals surface area (Å²) in [5.74, 6) is -1.30. The van der Waals surface area contributed by atoms with Gasteiger partial charge in [0.2, 0.25) is 0 Å². The number of ketones is 2. The van der Waals surface area contributed by atoms with Gasteiger partial charge in [0.1, 0.15) is 12.4 Å². The van der Waals surface area contributed by atoms with Gasteiger partial charge in [-0.05, 0) is 124 Å². The maximum atomic E-state index is 14.9. The highest BCUT2D eigenvalue weighted by Crippen LogP contribution is 2.70. The number of allylic oxidation sites excluding steroid dienone is 4. The molecular formula is C53H75NO15P2. The zero-order chi connectivity index (χ0) is 50.4. The zero-order valence-corrected chi connectivity index (χ0v) is 43.0. The minimum absolute atomic E-state index is 0.0333. The van der Waals surface area contributed by atoms with E-state index in [0.29, 0.717) is 31.4 Å². The van der Waals surface area contributed by atoms with Crippen molar-refractivity contribution in [2.45, 2.75) is 153 Å². The van der Waals surface area contributed by atoms with E-state index in [4.69, 9.17) is 27.8 Å². The van der Waals surface area contributed by atoms with Crippen molar-refractivity contribution in [3.8, 4) is 5.75 Å². The molecule has 5 fully saturated rings. The number of Topliss-reactive ketones (excluding diaryl/α,β-unsaturated/α-hetero) is 1. The van der Waals surface area contributed by atoms with Crippen LogP contribution in [-0.4, -0.2) is 93.5 Å². The number of aliphatic hydroxyl groups excluding tert-OH is 2. The summed E-state index contributed by atoms with van der Waals surface area (Å²) in [5.41, 5.74) is -0.458. The summed E-state index contributed by atoms with van der Waals surface area (Å²) in [6.07, 6.45) is 15.9. The number of aryl methyl sites for hydroxylation is 1. The van der Waals surface area contributed by atoms with Gasteiger partial charge < -0.3 is 39.2 Å². The largest absolute Gasteiger partial charge is 0.524 e. The molecule has 392 valence electrons. The monoisotopic (exact) mass is 1030 g/mol. The average molecular weight is 1030 g/mol. The summed E-state index contributed by atoms with van der Waals surface area (Å²) < 4.78 is 60.8. The first-order valence-corrected chi connectivity index (χ1v) is 28.9. The van der Waals surface area contributed by atoms with E-state index in [2.05, 4.69) is 36.5 Å². The van der Waals surface area contributed by atoms with Crippen LogP contribution in [0.15, 0.2) is 72.3 Å². The molecule has 6 N–H and O–H groups in total. The summed E-state index contributed by atoms with van der Waals surface area (Å²) in [7, 11) is -10.2. The topological polar surface area (TPSA) is 237 Å². The third-order valence-electron chi connectivity index (χ3n) is 16.7. The standard InChI is InChI=1S/C53H75NO15P2/c1-51-25-24-41(55)30-40(51)21-22-42-43-31-48-53(52(43,2)32-44(56)49(42)51,68-50(67-48)37-18-9-6-10-19-37)47(58)35-66-71(62,63)65-34-39-29-38(20-23-46(39)69-70(59,60)61)45(57)33-54-26-12-3-4-13-27-64-28-14-11-17-36-15-7-5-8-16-36/h5,7-8,15-16,20,23-25,29-30,37,42-45,48-50,54,56-57H,3-4,6,9-14,17-19,21-22,26-28,31-35H2,1-2H3,(H,62,63)(H2,59,60,61)/t42-,43-,44-,45?,48?,49+,50+,51-,52-,53+/m0/s1. The number of fused-ring (bicyclic) bond motifs is 7. The van der Waals surface area contributed by atoms with Crippen LogP contribution in [0.2, 0.25) is 0 Å². The number of hydrogen-bond donors (Lipinski definition) is 6. The molecule has 71 heavy (non-hydrogen) atoms. The lowest BCUT2D eigenvalue weighted by atomic mass is 9.46. The van der Waals surface area contributed by atoms with Crippen LogP contribution in [0, 0.1) is 34.5 Å². The quantitative estimate of drug-likeness (QED) is 0.0404. The van der Waals surface area contributed by atoms with Crippen LogP contribution in [0.1, 0.15) is 133 Å². The lowest BCUT2D eigenvalue weighted by molar-refractivity contribution is -0.209. The van der Waals surface area contributed by atoms with Crippen molar-refractivity contribution in [2.75, 3.05) is 32.9 Å². The Morgan fingerprint density at radius 1 is 0.930 bits per heavy atom. The van der Waals surface area contributed by atoms with E-state index >= 15 is 0 Å². The van der Waals surface area contributed by atoms with Crippen molar-refractivity contribution in [3.05, 3.63) is 89.0 Å². The van der Waals surface area contributed by atoms with Gasteiger partial charge in [-0.15, -0.1) is 0 Å². The minimum atomic E-state index is -5.09. The summed E-state index contributed by atoms with van der Waals surface area (Å²) in [6.45, 7) is 4.73. The second kappa shape index (κ2) is 23.3. The van der Waals surface area contributed by atoms with Crippen LogP contribution in [-0.2, 0) is 55.0 Å². The van der Waals surface area contributed by atoms with Crippen molar-refractivity contribution in [3.63, 3.8) is 0 Å². The molecular weight excluding hydrogens is 953 g/mol. The highest BCUT2D eigenvalue weighted by atomic mass is 31.2. The van der Waals surface area contributed by atoms with Gasteiger partial charge in [0, 0.05) is 48.0 Å². The lowest BCUT2D eigenvalue weighted by Gasteiger charge is -2.59. The van der Waals surface area contributed by atoms with Crippen LogP contribution < -0.4 is 9.84 Å². The van der Waals surface area contributed by atoms with Crippen molar-refractivity contribution < 1.29 is 71.4 Å². The van der Waals surface area contributed by atoms with Gasteiger partial charge in [-0.1, -0.05) is 94.0 Å². The number of phosphoric acid groups is 2. The Balaban J connectivity index is 0.858. The van der Waals surface area contributed by atoms with Gasteiger partial charge in [0.15, 0.2) is 23.5 Å². The molecule has 5 aliphatic carbocycles. The van der Waals surface area contributed by atoms with Crippen LogP contribution in [0.4, 0.5) is 0 Å². The summed E-state index contributed by atoms with van der Waals surface area (Å²) in [5, 5.41) is 26.5. The van der Waals surface area contributed by atoms with Crippen LogP contribution in [0.3, 0.4) is 0 Å². The number of rotatable bonds is 25. The van der Waals surface area contributed by atoms with Gasteiger partial charge in [-0.2, -0.15) is 0 Å². The van der Waals surface area contributed by atoms with E-state index in [9.17, 15) is 43.6 Å². The molecule has 0 amide bonds. The summed E-state index contributed by atoms with van der Waals surface area (Å²) in [4.78, 5) is 57.7. The maximum Gasteiger partial charge on any atom is 0.524 e. The SMILES string of the molecule is C[C@]12C=CC(=O)C=C1CC[C@@H]1[C@@H]2[C@@H](O)C[C@@]2(C)[C@H]1CC1O[C@@H](C3CCCCC3)O[C@]12C(=O)COP(=O)(O)OCc1cc(C(O)CNCCCCCCOCCCCc2ccccc2)ccc1OP(=O)(O)O. The number of ether oxygens (including phenoxy) is 3. The van der Waals surface area contributed by atoms with Crippen LogP contribution in [0.5, 0.6) is 5.75 Å². The molecule has 0 spiro atoms. The fourth-order valence-corrected chi connectivity index (χ4v) is 14.3. The molecule has 3 unspecified atom stereocenters. The number of unbranched alkanes of at least 4 members (excludes halogenated alkanes) is 4. The van der Waals surface area contributed by atoms with E-state index < -0.39 is 75.7 Å². The van der Waals surface area contributed by atoms with Gasteiger partial charge in [0.25, 0.3) is 0 Å². The molecule has 4 saturated carbocycles. The van der Waals surface area contributed by atoms with Gasteiger partial charge in [-0.25, -0.2) is 9.13 Å². The minimum Gasteiger partial charge on any atom is -0.404 e. The predicted molar refractivity (Wildman–Crippen MR) is 264 cm³/mol. The highest BCUT2D eigenvalue weighted by Gasteiger charge is 2.76. The lowest BCUT2D eigenvalue weighted by Crippen LogP contribution is -2.63. The third-order valence-corrected chi connectivity index (χ3v) is 18.1. The van der Waals surface area contributed by atoms with Crippen LogP contribution >= 0.6 is 15.6 Å². The number of hydrogen-bond acceptors (Lipinski definition) is 13. The molecule has 0 radical (unpaired) electrons. The zero-order valence-electron chi connectivity index (χ0n) is 41.2. The van der Waals surface area contributed by atoms with Crippen molar-refractivity contribution in [1.29, 1.82) is 0 Å². The summed E-state index contributed by atoms with van der Waals surface area (Å²) >= 11 is 0. The van der Waals surface area contributed by atoms with Crippen molar-refractivity contribution >= 4 is 27.2 Å². The van der Waals surface area contributed by atoms with Gasteiger partial charge >= 0.3 is 15.6 Å². The molecule has 1 saturated heterocycles. The molecule has 1 aliphatic heterocycles. The van der Waals surface area contributed by atoms with Gasteiger partial charge in [-0.3, -0.25) is 28.4 Å². The van der Waals surface area contributed by atoms with Crippen LogP contribution in [0.25, 0.3) is 0 Å². The maximum absolute atomic E-state index is 14.9. The Morgan fingerprint density at radius 2 is 1.68 bits per heavy atom. The molecule has 8 rings (SSSR count). The molecule has 0 aromatic heterocycles. The van der Waals surface area contributed by atoms with E-state index in [-0.39, 0.29) is 53.7 Å². The second-order valence-electron chi connectivity index (χ2n) is 21.3. The first-order chi connectivity index (χ1) is 33.9. The number of nitrogens with one attached hydrogen (secondary N) is 1. The molecule has 1 heterocycles. The highest BCUT2D eigenvalue weighted by molar-refractivity contribution is 7.47. The van der Waals surface area contributed by atoms with E-state index in [1.165, 1.54) is 23.8 Å². The number of aliphatic hydroxyl groups is 2.